The Labute approximate surface area is 107 Å². The smallest absolute Gasteiger partial charge is 0.346 e. The van der Waals surface area contributed by atoms with E-state index >= 15 is 0 Å². The minimum Gasteiger partial charge on any atom is -0.347 e. The van der Waals surface area contributed by atoms with Crippen LogP contribution in [0.3, 0.4) is 0 Å². The lowest BCUT2D eigenvalue weighted by atomic mass is 10.2. The van der Waals surface area contributed by atoms with Gasteiger partial charge in [-0.25, -0.2) is 4.79 Å². The average Bonchev–Trinajstić information content (AvgIpc) is 2.89. The number of aromatic nitrogens is 2. The maximum absolute atomic E-state index is 11.7. The van der Waals surface area contributed by atoms with Gasteiger partial charge >= 0.3 is 5.69 Å². The summed E-state index contributed by atoms with van der Waals surface area (Å²) in [5, 5.41) is 4.47. The van der Waals surface area contributed by atoms with Crippen molar-refractivity contribution in [3.05, 3.63) is 52.4 Å². The topological polar surface area (TPSA) is 74.8 Å². The molecule has 0 unspecified atom stereocenters. The largest absolute Gasteiger partial charge is 0.347 e. The van der Waals surface area contributed by atoms with Crippen LogP contribution in [0.1, 0.15) is 10.5 Å². The minimum atomic E-state index is -0.537. The molecule has 0 aromatic carbocycles. The highest BCUT2D eigenvalue weighted by Gasteiger charge is 2.10. The molecule has 0 spiro atoms. The molecule has 5 nitrogen and oxygen atoms in total. The molecule has 2 N–H and O–H groups in total. The summed E-state index contributed by atoms with van der Waals surface area (Å²) in [5.74, 6) is -0.390. The van der Waals surface area contributed by atoms with Gasteiger partial charge in [-0.2, -0.15) is 4.98 Å². The maximum Gasteiger partial charge on any atom is 0.346 e. The van der Waals surface area contributed by atoms with Crippen LogP contribution in [0.2, 0.25) is 0 Å². The van der Waals surface area contributed by atoms with Gasteiger partial charge in [-0.3, -0.25) is 4.79 Å². The number of nitrogens with one attached hydrogen (secondary N) is 2. The van der Waals surface area contributed by atoms with E-state index in [0.717, 1.165) is 4.88 Å². The van der Waals surface area contributed by atoms with Crippen molar-refractivity contribution in [3.63, 3.8) is 0 Å². The van der Waals surface area contributed by atoms with Crippen molar-refractivity contribution in [3.8, 4) is 10.6 Å². The molecule has 2 aromatic heterocycles. The molecular formula is C12H11N3O2S. The van der Waals surface area contributed by atoms with Gasteiger partial charge in [0.05, 0.1) is 10.6 Å². The molecule has 0 aliphatic carbocycles. The van der Waals surface area contributed by atoms with Crippen molar-refractivity contribution in [1.29, 1.82) is 0 Å². The van der Waals surface area contributed by atoms with Crippen molar-refractivity contribution in [2.45, 2.75) is 0 Å². The van der Waals surface area contributed by atoms with Gasteiger partial charge < -0.3 is 10.3 Å². The molecule has 0 aliphatic heterocycles. The van der Waals surface area contributed by atoms with E-state index < -0.39 is 5.69 Å². The molecule has 18 heavy (non-hydrogen) atoms. The zero-order valence-corrected chi connectivity index (χ0v) is 10.3. The van der Waals surface area contributed by atoms with Crippen LogP contribution >= 0.6 is 11.3 Å². The summed E-state index contributed by atoms with van der Waals surface area (Å²) in [6.45, 7) is 3.84. The fourth-order valence-corrected chi connectivity index (χ4v) is 2.09. The van der Waals surface area contributed by atoms with Crippen LogP contribution in [0.15, 0.2) is 41.0 Å². The normalized spacial score (nSPS) is 10.0. The molecule has 2 aromatic rings. The van der Waals surface area contributed by atoms with Crippen LogP contribution < -0.4 is 11.0 Å². The van der Waals surface area contributed by atoms with Gasteiger partial charge in [0.25, 0.3) is 5.91 Å². The Kier molecular flexibility index (Phi) is 3.69. The second kappa shape index (κ2) is 5.42. The number of nitrogens with zero attached hydrogens (tertiary/aromatic N) is 1. The number of H-pyrrole nitrogens is 1. The lowest BCUT2D eigenvalue weighted by Gasteiger charge is -2.03. The van der Waals surface area contributed by atoms with Gasteiger partial charge in [0.1, 0.15) is 5.69 Å². The van der Waals surface area contributed by atoms with Crippen LogP contribution in [-0.4, -0.2) is 22.4 Å². The fourth-order valence-electron chi connectivity index (χ4n) is 1.39. The highest BCUT2D eigenvalue weighted by molar-refractivity contribution is 7.13. The number of carbonyl (C=O) groups excluding carboxylic acids is 1. The highest BCUT2D eigenvalue weighted by Crippen LogP contribution is 2.21. The Hall–Kier alpha value is -2.21. The predicted octanol–water partition coefficient (Wildman–Crippen LogP) is 1.41. The molecule has 2 heterocycles. The van der Waals surface area contributed by atoms with Crippen molar-refractivity contribution in [2.24, 2.45) is 0 Å². The van der Waals surface area contributed by atoms with Crippen LogP contribution in [0.25, 0.3) is 10.6 Å². The summed E-state index contributed by atoms with van der Waals surface area (Å²) in [5.41, 5.74) is 0.155. The van der Waals surface area contributed by atoms with Gasteiger partial charge in [0, 0.05) is 6.54 Å². The summed E-state index contributed by atoms with van der Waals surface area (Å²) in [4.78, 5) is 30.3. The molecule has 0 aliphatic rings. The molecular weight excluding hydrogens is 250 g/mol. The molecule has 0 radical (unpaired) electrons. The summed E-state index contributed by atoms with van der Waals surface area (Å²) in [7, 11) is 0. The maximum atomic E-state index is 11.7. The van der Waals surface area contributed by atoms with E-state index in [2.05, 4.69) is 21.9 Å². The van der Waals surface area contributed by atoms with E-state index in [0.29, 0.717) is 12.2 Å². The van der Waals surface area contributed by atoms with Crippen molar-refractivity contribution < 1.29 is 4.79 Å². The van der Waals surface area contributed by atoms with Gasteiger partial charge in [0.15, 0.2) is 0 Å². The van der Waals surface area contributed by atoms with Crippen LogP contribution in [0.4, 0.5) is 0 Å². The van der Waals surface area contributed by atoms with E-state index in [4.69, 9.17) is 0 Å². The van der Waals surface area contributed by atoms with E-state index in [1.807, 2.05) is 17.5 Å². The Morgan fingerprint density at radius 3 is 3.11 bits per heavy atom. The third-order valence-corrected chi connectivity index (χ3v) is 3.07. The van der Waals surface area contributed by atoms with Gasteiger partial charge in [-0.1, -0.05) is 12.1 Å². The molecule has 0 fully saturated rings. The molecule has 1 amide bonds. The number of aromatic amines is 1. The molecule has 2 rings (SSSR count). The highest BCUT2D eigenvalue weighted by atomic mass is 32.1. The number of carbonyl (C=O) groups is 1. The lowest BCUT2D eigenvalue weighted by molar-refractivity contribution is 0.0952. The Balaban J connectivity index is 2.35. The number of thiophene rings is 1. The Morgan fingerprint density at radius 2 is 2.44 bits per heavy atom. The van der Waals surface area contributed by atoms with Crippen molar-refractivity contribution >= 4 is 17.2 Å². The van der Waals surface area contributed by atoms with Gasteiger partial charge in [0.2, 0.25) is 0 Å². The second-order valence-corrected chi connectivity index (χ2v) is 4.41. The van der Waals surface area contributed by atoms with E-state index in [1.165, 1.54) is 11.3 Å². The SMILES string of the molecule is C=CCNC(=O)c1cc(-c2cccs2)[nH]c(=O)n1. The second-order valence-electron chi connectivity index (χ2n) is 3.46. The van der Waals surface area contributed by atoms with Crippen LogP contribution in [0, 0.1) is 0 Å². The quantitative estimate of drug-likeness (QED) is 0.817. The van der Waals surface area contributed by atoms with Crippen LogP contribution in [0.5, 0.6) is 0 Å². The number of amides is 1. The van der Waals surface area contributed by atoms with E-state index in [-0.39, 0.29) is 11.6 Å². The zero-order chi connectivity index (χ0) is 13.0. The monoisotopic (exact) mass is 261 g/mol. The summed E-state index contributed by atoms with van der Waals surface area (Å²) < 4.78 is 0. The zero-order valence-electron chi connectivity index (χ0n) is 9.47. The third kappa shape index (κ3) is 2.72. The first-order valence-electron chi connectivity index (χ1n) is 5.25. The minimum absolute atomic E-state index is 0.101. The van der Waals surface area contributed by atoms with Crippen LogP contribution in [-0.2, 0) is 0 Å². The molecule has 92 valence electrons. The van der Waals surface area contributed by atoms with Gasteiger partial charge in [-0.15, -0.1) is 17.9 Å². The van der Waals surface area contributed by atoms with E-state index in [9.17, 15) is 9.59 Å². The number of hydrogen-bond acceptors (Lipinski definition) is 4. The average molecular weight is 261 g/mol. The first kappa shape index (κ1) is 12.3. The number of rotatable bonds is 4. The summed E-state index contributed by atoms with van der Waals surface area (Å²) >= 11 is 1.48. The molecule has 0 saturated carbocycles. The number of hydrogen-bond donors (Lipinski definition) is 2. The molecule has 0 saturated heterocycles. The standard InChI is InChI=1S/C12H11N3O2S/c1-2-5-13-11(16)9-7-8(14-12(17)15-9)10-4-3-6-18-10/h2-4,6-7H,1,5H2,(H,13,16)(H,14,15,17). The van der Waals surface area contributed by atoms with Crippen molar-refractivity contribution in [2.75, 3.05) is 6.54 Å². The fraction of sp³-hybridized carbons (Fsp3) is 0.0833. The third-order valence-electron chi connectivity index (χ3n) is 2.17. The Bertz CT molecular complexity index is 617. The first-order chi connectivity index (χ1) is 8.70. The lowest BCUT2D eigenvalue weighted by Crippen LogP contribution is -2.27. The Morgan fingerprint density at radius 1 is 1.61 bits per heavy atom. The molecule has 0 bridgehead atoms. The van der Waals surface area contributed by atoms with Crippen molar-refractivity contribution in [1.82, 2.24) is 15.3 Å². The summed E-state index contributed by atoms with van der Waals surface area (Å²) in [6.07, 6.45) is 1.56. The predicted molar refractivity (Wildman–Crippen MR) is 70.7 cm³/mol. The molecule has 0 atom stereocenters. The van der Waals surface area contributed by atoms with Gasteiger partial charge in [-0.05, 0) is 17.5 Å². The summed E-state index contributed by atoms with van der Waals surface area (Å²) in [6, 6.07) is 5.29. The van der Waals surface area contributed by atoms with E-state index in [1.54, 1.807) is 12.1 Å². The first-order valence-corrected chi connectivity index (χ1v) is 6.13. The molecule has 6 heteroatoms.